The fourth-order valence-electron chi connectivity index (χ4n) is 4.53. The number of aryl methyl sites for hydroxylation is 1. The summed E-state index contributed by atoms with van der Waals surface area (Å²) in [6, 6.07) is 8.94. The second-order valence-electron chi connectivity index (χ2n) is 7.74. The smallest absolute Gasteiger partial charge is 0.416 e. The van der Waals surface area contributed by atoms with Crippen molar-refractivity contribution in [3.05, 3.63) is 63.1 Å². The maximum absolute atomic E-state index is 13.4. The Kier molecular flexibility index (Phi) is 3.99. The van der Waals surface area contributed by atoms with Crippen molar-refractivity contribution in [3.63, 3.8) is 0 Å². The van der Waals surface area contributed by atoms with Gasteiger partial charge in [0.2, 0.25) is 0 Å². The number of ether oxygens (including phenoxy) is 1. The first-order valence-electron chi connectivity index (χ1n) is 9.58. The maximum Gasteiger partial charge on any atom is 0.416 e. The fraction of sp³-hybridized carbons (Fsp3) is 0.273. The van der Waals surface area contributed by atoms with Crippen LogP contribution in [-0.2, 0) is 24.4 Å². The predicted octanol–water partition coefficient (Wildman–Crippen LogP) is 4.58. The summed E-state index contributed by atoms with van der Waals surface area (Å²) in [6.45, 7) is 0. The third-order valence-electron chi connectivity index (χ3n) is 6.10. The predicted molar refractivity (Wildman–Crippen MR) is 106 cm³/mol. The van der Waals surface area contributed by atoms with E-state index in [0.717, 1.165) is 17.8 Å². The highest BCUT2D eigenvalue weighted by Gasteiger charge is 2.41. The standard InChI is InChI=1S/C22H16F3N3O3/c1-30-17-5-3-14(21(10-26)7-6-15-13(9-21)20(29)28-27-15)18-12-8-11(22(23,24)25)2-4-16(12)31-19(17)18/h2-5,8H,6-7,9H2,1H3,(H2,27,28,29). The van der Waals surface area contributed by atoms with Gasteiger partial charge in [0.25, 0.3) is 5.56 Å². The van der Waals surface area contributed by atoms with Gasteiger partial charge in [0.05, 0.1) is 24.2 Å². The average Bonchev–Trinajstić information content (AvgIpc) is 3.32. The van der Waals surface area contributed by atoms with Gasteiger partial charge in [-0.15, -0.1) is 0 Å². The normalized spacial score (nSPS) is 18.8. The number of H-pyrrole nitrogens is 2. The van der Waals surface area contributed by atoms with Crippen molar-refractivity contribution in [2.75, 3.05) is 7.11 Å². The van der Waals surface area contributed by atoms with Crippen molar-refractivity contribution in [2.24, 2.45) is 0 Å². The van der Waals surface area contributed by atoms with E-state index in [1.54, 1.807) is 12.1 Å². The van der Waals surface area contributed by atoms with E-state index in [4.69, 9.17) is 9.15 Å². The van der Waals surface area contributed by atoms with Gasteiger partial charge >= 0.3 is 6.18 Å². The summed E-state index contributed by atoms with van der Waals surface area (Å²) in [6.07, 6.45) is -3.53. The Hall–Kier alpha value is -3.67. The van der Waals surface area contributed by atoms with Gasteiger partial charge in [0, 0.05) is 28.5 Å². The molecule has 4 aromatic rings. The molecule has 1 aliphatic carbocycles. The summed E-state index contributed by atoms with van der Waals surface area (Å²) < 4.78 is 51.4. The second kappa shape index (κ2) is 6.41. The number of benzene rings is 2. The molecule has 5 rings (SSSR count). The van der Waals surface area contributed by atoms with Crippen molar-refractivity contribution in [2.45, 2.75) is 30.9 Å². The zero-order valence-corrected chi connectivity index (χ0v) is 16.3. The lowest BCUT2D eigenvalue weighted by Crippen LogP contribution is -2.34. The Morgan fingerprint density at radius 1 is 1.23 bits per heavy atom. The van der Waals surface area contributed by atoms with Gasteiger partial charge in [-0.2, -0.15) is 18.4 Å². The zero-order chi connectivity index (χ0) is 22.0. The second-order valence-corrected chi connectivity index (χ2v) is 7.74. The summed E-state index contributed by atoms with van der Waals surface area (Å²) in [5.74, 6) is 0.354. The van der Waals surface area contributed by atoms with Crippen molar-refractivity contribution in [1.82, 2.24) is 10.2 Å². The molecule has 0 saturated carbocycles. The lowest BCUT2D eigenvalue weighted by molar-refractivity contribution is -0.137. The first-order chi connectivity index (χ1) is 14.8. The minimum absolute atomic E-state index is 0.144. The number of hydrogen-bond donors (Lipinski definition) is 2. The van der Waals surface area contributed by atoms with Crippen LogP contribution in [0.1, 0.15) is 28.8 Å². The van der Waals surface area contributed by atoms with Gasteiger partial charge in [-0.25, -0.2) is 0 Å². The molecule has 0 spiro atoms. The summed E-state index contributed by atoms with van der Waals surface area (Å²) in [7, 11) is 1.44. The SMILES string of the molecule is COc1ccc(C2(C#N)CCc3[nH][nH]c(=O)c3C2)c2c1oc1ccc(C(F)(F)F)cc12. The molecule has 9 heteroatoms. The maximum atomic E-state index is 13.4. The highest BCUT2D eigenvalue weighted by atomic mass is 19.4. The third kappa shape index (κ3) is 2.75. The van der Waals surface area contributed by atoms with Crippen LogP contribution in [0, 0.1) is 11.3 Å². The molecule has 2 aromatic heterocycles. The van der Waals surface area contributed by atoms with E-state index in [1.165, 1.54) is 13.2 Å². The first kappa shape index (κ1) is 19.3. The molecule has 0 radical (unpaired) electrons. The average molecular weight is 427 g/mol. The molecule has 2 N–H and O–H groups in total. The van der Waals surface area contributed by atoms with Crippen LogP contribution in [0.15, 0.2) is 39.5 Å². The van der Waals surface area contributed by atoms with Crippen molar-refractivity contribution in [3.8, 4) is 11.8 Å². The van der Waals surface area contributed by atoms with Gasteiger partial charge in [0.15, 0.2) is 11.3 Å². The van der Waals surface area contributed by atoms with Crippen LogP contribution in [0.5, 0.6) is 5.75 Å². The molecule has 2 aromatic carbocycles. The van der Waals surface area contributed by atoms with Crippen LogP contribution >= 0.6 is 0 Å². The van der Waals surface area contributed by atoms with E-state index >= 15 is 0 Å². The fourth-order valence-corrected chi connectivity index (χ4v) is 4.53. The van der Waals surface area contributed by atoms with E-state index in [0.29, 0.717) is 35.1 Å². The van der Waals surface area contributed by atoms with Gasteiger partial charge in [-0.3, -0.25) is 9.89 Å². The zero-order valence-electron chi connectivity index (χ0n) is 16.3. The number of nitrogens with zero attached hydrogens (tertiary/aromatic N) is 1. The first-order valence-corrected chi connectivity index (χ1v) is 9.58. The number of nitrogens with one attached hydrogen (secondary N) is 2. The number of aromatic nitrogens is 2. The van der Waals surface area contributed by atoms with E-state index in [-0.39, 0.29) is 28.5 Å². The van der Waals surface area contributed by atoms with E-state index in [1.807, 2.05) is 0 Å². The van der Waals surface area contributed by atoms with E-state index < -0.39 is 17.2 Å². The lowest BCUT2D eigenvalue weighted by Gasteiger charge is -2.31. The van der Waals surface area contributed by atoms with Crippen molar-refractivity contribution in [1.29, 1.82) is 5.26 Å². The summed E-state index contributed by atoms with van der Waals surface area (Å²) in [5.41, 5.74) is 0.0897. The number of methoxy groups -OCH3 is 1. The molecule has 0 amide bonds. The topological polar surface area (TPSA) is 94.8 Å². The Balaban J connectivity index is 1.84. The largest absolute Gasteiger partial charge is 0.493 e. The lowest BCUT2D eigenvalue weighted by atomic mass is 9.69. The molecule has 31 heavy (non-hydrogen) atoms. The van der Waals surface area contributed by atoms with Gasteiger partial charge in [0.1, 0.15) is 5.58 Å². The molecular formula is C22H16F3N3O3. The number of aromatic amines is 2. The van der Waals surface area contributed by atoms with Crippen molar-refractivity contribution < 1.29 is 22.3 Å². The van der Waals surface area contributed by atoms with Crippen LogP contribution in [0.25, 0.3) is 21.9 Å². The van der Waals surface area contributed by atoms with E-state index in [2.05, 4.69) is 16.3 Å². The molecule has 0 saturated heterocycles. The quantitative estimate of drug-likeness (QED) is 0.490. The summed E-state index contributed by atoms with van der Waals surface area (Å²) in [5, 5.41) is 16.2. The molecule has 0 fully saturated rings. The monoisotopic (exact) mass is 427 g/mol. The number of fused-ring (bicyclic) bond motifs is 4. The van der Waals surface area contributed by atoms with Gasteiger partial charge in [-0.1, -0.05) is 6.07 Å². The highest BCUT2D eigenvalue weighted by Crippen LogP contribution is 2.46. The molecule has 1 unspecified atom stereocenters. The minimum Gasteiger partial charge on any atom is -0.493 e. The van der Waals surface area contributed by atoms with Crippen LogP contribution in [-0.4, -0.2) is 17.3 Å². The molecule has 158 valence electrons. The molecule has 0 aliphatic heterocycles. The molecule has 0 bridgehead atoms. The van der Waals surface area contributed by atoms with Gasteiger partial charge < -0.3 is 14.3 Å². The Morgan fingerprint density at radius 3 is 2.74 bits per heavy atom. The van der Waals surface area contributed by atoms with Crippen molar-refractivity contribution >= 4 is 21.9 Å². The number of nitriles is 1. The van der Waals surface area contributed by atoms with E-state index in [9.17, 15) is 23.2 Å². The Bertz CT molecular complexity index is 1440. The molecular weight excluding hydrogens is 411 g/mol. The number of rotatable bonds is 2. The number of hydrogen-bond acceptors (Lipinski definition) is 4. The molecule has 1 aliphatic rings. The molecule has 1 atom stereocenters. The minimum atomic E-state index is -4.53. The number of halogens is 3. The Morgan fingerprint density at radius 2 is 2.03 bits per heavy atom. The van der Waals surface area contributed by atoms with Gasteiger partial charge in [-0.05, 0) is 42.7 Å². The van der Waals surface area contributed by atoms with Crippen LogP contribution in [0.2, 0.25) is 0 Å². The summed E-state index contributed by atoms with van der Waals surface area (Å²) >= 11 is 0. The number of furan rings is 1. The Labute approximate surface area is 173 Å². The summed E-state index contributed by atoms with van der Waals surface area (Å²) in [4.78, 5) is 12.2. The van der Waals surface area contributed by atoms with Crippen LogP contribution in [0.3, 0.4) is 0 Å². The van der Waals surface area contributed by atoms with Crippen LogP contribution in [0.4, 0.5) is 13.2 Å². The highest BCUT2D eigenvalue weighted by molar-refractivity contribution is 6.09. The molecule has 6 nitrogen and oxygen atoms in total. The van der Waals surface area contributed by atoms with Crippen LogP contribution < -0.4 is 10.3 Å². The third-order valence-corrected chi connectivity index (χ3v) is 6.10. The number of alkyl halides is 3. The molecule has 2 heterocycles.